The minimum atomic E-state index is -3.71. The maximum atomic E-state index is 13.3. The van der Waals surface area contributed by atoms with Crippen LogP contribution in [0.4, 0.5) is 5.69 Å². The quantitative estimate of drug-likeness (QED) is 0.688. The van der Waals surface area contributed by atoms with E-state index < -0.39 is 10.0 Å². The average Bonchev–Trinajstić information content (AvgIpc) is 3.01. The normalized spacial score (nSPS) is 21.5. The summed E-state index contributed by atoms with van der Waals surface area (Å²) in [6, 6.07) is 3.38. The van der Waals surface area contributed by atoms with Gasteiger partial charge in [-0.1, -0.05) is 25.7 Å². The van der Waals surface area contributed by atoms with Crippen molar-refractivity contribution in [1.29, 1.82) is 0 Å². The van der Waals surface area contributed by atoms with E-state index in [4.69, 9.17) is 4.74 Å². The molecule has 0 aromatic heterocycles. The number of rotatable bonds is 4. The average molecular weight is 450 g/mol. The second kappa shape index (κ2) is 9.16. The number of amides is 2. The molecule has 8 nitrogen and oxygen atoms in total. The molecule has 2 aliphatic heterocycles. The highest BCUT2D eigenvalue weighted by molar-refractivity contribution is 7.89. The van der Waals surface area contributed by atoms with Crippen LogP contribution in [0.25, 0.3) is 0 Å². The van der Waals surface area contributed by atoms with Crippen LogP contribution in [0.1, 0.15) is 56.9 Å². The fourth-order valence-electron chi connectivity index (χ4n) is 4.73. The van der Waals surface area contributed by atoms with Crippen LogP contribution in [-0.2, 0) is 19.6 Å². The Kier molecular flexibility index (Phi) is 6.52. The van der Waals surface area contributed by atoms with Crippen LogP contribution in [0.2, 0.25) is 0 Å². The molecule has 1 saturated heterocycles. The smallest absolute Gasteiger partial charge is 0.262 e. The van der Waals surface area contributed by atoms with Gasteiger partial charge in [0.15, 0.2) is 6.61 Å². The van der Waals surface area contributed by atoms with Gasteiger partial charge in [0.1, 0.15) is 5.75 Å². The molecule has 0 atom stereocenters. The lowest BCUT2D eigenvalue weighted by molar-refractivity contribution is -0.127. The number of hydrogen-bond acceptors (Lipinski definition) is 5. The first-order chi connectivity index (χ1) is 14.8. The summed E-state index contributed by atoms with van der Waals surface area (Å²) in [7, 11) is -3.71. The molecule has 2 heterocycles. The third-order valence-electron chi connectivity index (χ3n) is 6.55. The van der Waals surface area contributed by atoms with Crippen molar-refractivity contribution in [3.8, 4) is 5.75 Å². The summed E-state index contributed by atoms with van der Waals surface area (Å²) >= 11 is 0. The van der Waals surface area contributed by atoms with Gasteiger partial charge in [-0.25, -0.2) is 8.42 Å². The van der Waals surface area contributed by atoms with E-state index in [0.717, 1.165) is 25.7 Å². The Balaban J connectivity index is 1.40. The number of carbonyl (C=O) groups is 2. The standard InChI is InChI=1S/C22H31N3O5S/c1-15-12-18-19(30-14-21(26)24-18)13-20(15)31(28,29)25-10-8-16(9-11-25)22(27)23-17-6-4-2-3-5-7-17/h12-13,16-17H,2-11,14H2,1H3,(H,23,27)(H,24,26). The van der Waals surface area contributed by atoms with Crippen LogP contribution in [0.3, 0.4) is 0 Å². The van der Waals surface area contributed by atoms with Crippen LogP contribution in [-0.4, -0.2) is 50.3 Å². The fraction of sp³-hybridized carbons (Fsp3) is 0.636. The summed E-state index contributed by atoms with van der Waals surface area (Å²) in [5.74, 6) is 0.0316. The van der Waals surface area contributed by atoms with Crippen molar-refractivity contribution >= 4 is 27.5 Å². The molecule has 0 bridgehead atoms. The highest BCUT2D eigenvalue weighted by atomic mass is 32.2. The molecule has 9 heteroatoms. The molecule has 4 rings (SSSR count). The number of hydrogen-bond donors (Lipinski definition) is 2. The Morgan fingerprint density at radius 3 is 2.45 bits per heavy atom. The van der Waals surface area contributed by atoms with E-state index in [1.54, 1.807) is 13.0 Å². The lowest BCUT2D eigenvalue weighted by Gasteiger charge is -2.32. The number of nitrogens with one attached hydrogen (secondary N) is 2. The van der Waals surface area contributed by atoms with E-state index in [1.165, 1.54) is 23.2 Å². The van der Waals surface area contributed by atoms with Crippen LogP contribution in [0.5, 0.6) is 5.75 Å². The van der Waals surface area contributed by atoms with Crippen LogP contribution in [0.15, 0.2) is 17.0 Å². The number of aryl methyl sites for hydroxylation is 1. The van der Waals surface area contributed by atoms with Crippen molar-refractivity contribution in [2.75, 3.05) is 25.0 Å². The molecule has 2 fully saturated rings. The molecule has 1 saturated carbocycles. The van der Waals surface area contributed by atoms with Gasteiger partial charge in [-0.3, -0.25) is 9.59 Å². The molecule has 0 radical (unpaired) electrons. The van der Waals surface area contributed by atoms with Crippen molar-refractivity contribution in [3.63, 3.8) is 0 Å². The number of benzene rings is 1. The molecule has 3 aliphatic rings. The van der Waals surface area contributed by atoms with E-state index in [-0.39, 0.29) is 35.3 Å². The topological polar surface area (TPSA) is 105 Å². The van der Waals surface area contributed by atoms with Gasteiger partial charge in [0.2, 0.25) is 15.9 Å². The van der Waals surface area contributed by atoms with E-state index in [2.05, 4.69) is 10.6 Å². The van der Waals surface area contributed by atoms with Gasteiger partial charge < -0.3 is 15.4 Å². The first-order valence-electron chi connectivity index (χ1n) is 11.2. The SMILES string of the molecule is Cc1cc2c(cc1S(=O)(=O)N1CCC(C(=O)NC3CCCCCC3)CC1)OCC(=O)N2. The summed E-state index contributed by atoms with van der Waals surface area (Å²) in [5, 5.41) is 5.90. The van der Waals surface area contributed by atoms with Crippen molar-refractivity contribution in [3.05, 3.63) is 17.7 Å². The second-order valence-corrected chi connectivity index (χ2v) is 10.7. The molecular weight excluding hydrogens is 418 g/mol. The molecule has 0 unspecified atom stereocenters. The zero-order valence-corrected chi connectivity index (χ0v) is 18.8. The molecule has 170 valence electrons. The van der Waals surface area contributed by atoms with Gasteiger partial charge in [0.25, 0.3) is 5.91 Å². The molecule has 2 amide bonds. The highest BCUT2D eigenvalue weighted by Crippen LogP contribution is 2.35. The number of piperidine rings is 1. The summed E-state index contributed by atoms with van der Waals surface area (Å²) < 4.78 is 33.4. The largest absolute Gasteiger partial charge is 0.482 e. The van der Waals surface area contributed by atoms with Crippen molar-refractivity contribution in [2.45, 2.75) is 69.2 Å². The summed E-state index contributed by atoms with van der Waals surface area (Å²) in [5.41, 5.74) is 1.04. The molecule has 2 N–H and O–H groups in total. The minimum absolute atomic E-state index is 0.0676. The monoisotopic (exact) mass is 449 g/mol. The van der Waals surface area contributed by atoms with E-state index in [0.29, 0.717) is 42.9 Å². The molecule has 1 aromatic carbocycles. The number of nitrogens with zero attached hydrogens (tertiary/aromatic N) is 1. The zero-order chi connectivity index (χ0) is 22.0. The predicted molar refractivity (Wildman–Crippen MR) is 116 cm³/mol. The Morgan fingerprint density at radius 1 is 1.10 bits per heavy atom. The van der Waals surface area contributed by atoms with Crippen LogP contribution >= 0.6 is 0 Å². The summed E-state index contributed by atoms with van der Waals surface area (Å²) in [6.07, 6.45) is 7.93. The predicted octanol–water partition coefficient (Wildman–Crippen LogP) is 2.57. The van der Waals surface area contributed by atoms with Gasteiger partial charge in [-0.15, -0.1) is 0 Å². The van der Waals surface area contributed by atoms with Crippen molar-refractivity contribution < 1.29 is 22.7 Å². The van der Waals surface area contributed by atoms with Crippen molar-refractivity contribution in [1.82, 2.24) is 9.62 Å². The maximum absolute atomic E-state index is 13.3. The van der Waals surface area contributed by atoms with Gasteiger partial charge in [-0.2, -0.15) is 4.31 Å². The third kappa shape index (κ3) is 4.87. The number of carbonyl (C=O) groups excluding carboxylic acids is 2. The number of anilines is 1. The lowest BCUT2D eigenvalue weighted by atomic mass is 9.96. The first-order valence-corrected chi connectivity index (χ1v) is 12.7. The van der Waals surface area contributed by atoms with Gasteiger partial charge >= 0.3 is 0 Å². The minimum Gasteiger partial charge on any atom is -0.482 e. The summed E-state index contributed by atoms with van der Waals surface area (Å²) in [6.45, 7) is 2.22. The molecule has 31 heavy (non-hydrogen) atoms. The van der Waals surface area contributed by atoms with Gasteiger partial charge in [-0.05, 0) is 44.2 Å². The van der Waals surface area contributed by atoms with Crippen LogP contribution < -0.4 is 15.4 Å². The number of ether oxygens (including phenoxy) is 1. The van der Waals surface area contributed by atoms with E-state index in [1.807, 2.05) is 0 Å². The van der Waals surface area contributed by atoms with Crippen LogP contribution in [0, 0.1) is 12.8 Å². The zero-order valence-electron chi connectivity index (χ0n) is 18.0. The fourth-order valence-corrected chi connectivity index (χ4v) is 6.43. The van der Waals surface area contributed by atoms with Gasteiger partial charge in [0, 0.05) is 31.1 Å². The van der Waals surface area contributed by atoms with Crippen molar-refractivity contribution in [2.24, 2.45) is 5.92 Å². The van der Waals surface area contributed by atoms with Gasteiger partial charge in [0.05, 0.1) is 10.6 Å². The third-order valence-corrected chi connectivity index (χ3v) is 8.59. The summed E-state index contributed by atoms with van der Waals surface area (Å²) in [4.78, 5) is 24.4. The van der Waals surface area contributed by atoms with E-state index in [9.17, 15) is 18.0 Å². The number of sulfonamides is 1. The highest BCUT2D eigenvalue weighted by Gasteiger charge is 2.34. The van der Waals surface area contributed by atoms with E-state index >= 15 is 0 Å². The Morgan fingerprint density at radius 2 is 1.77 bits per heavy atom. The maximum Gasteiger partial charge on any atom is 0.262 e. The second-order valence-electron chi connectivity index (χ2n) is 8.83. The lowest BCUT2D eigenvalue weighted by Crippen LogP contribution is -2.45. The Labute approximate surface area is 183 Å². The number of fused-ring (bicyclic) bond motifs is 1. The molecule has 0 spiro atoms. The molecule has 1 aromatic rings. The Bertz CT molecular complexity index is 946. The molecule has 1 aliphatic carbocycles. The molecular formula is C22H31N3O5S. The first kappa shape index (κ1) is 22.1. The Hall–Kier alpha value is -2.13.